The van der Waals surface area contributed by atoms with Crippen molar-refractivity contribution < 1.29 is 23.5 Å². The number of aryl methyl sites for hydroxylation is 1. The standard InChI is InChI=1S/C19H21N3O5/c1-13-10-15(14(2)22(13)11-16-4-3-9-26-16)5-6-18(24)27-12-17(23)21-8-7-20-19(21)25/h3-6,9-10H,7-8,11-12H2,1-2H3,(H,20,25)/b6-5+. The molecule has 142 valence electrons. The summed E-state index contributed by atoms with van der Waals surface area (Å²) in [6.45, 7) is 4.77. The zero-order valence-corrected chi connectivity index (χ0v) is 15.2. The zero-order chi connectivity index (χ0) is 19.4. The van der Waals surface area contributed by atoms with Crippen LogP contribution in [0.4, 0.5) is 4.79 Å². The van der Waals surface area contributed by atoms with E-state index in [0.717, 1.165) is 27.6 Å². The Morgan fingerprint density at radius 2 is 2.19 bits per heavy atom. The number of hydrogen-bond acceptors (Lipinski definition) is 5. The molecule has 2 aromatic rings. The number of ether oxygens (including phenoxy) is 1. The van der Waals surface area contributed by atoms with Crippen molar-refractivity contribution in [2.75, 3.05) is 19.7 Å². The van der Waals surface area contributed by atoms with Gasteiger partial charge in [0.2, 0.25) is 0 Å². The van der Waals surface area contributed by atoms with Crippen molar-refractivity contribution in [2.45, 2.75) is 20.4 Å². The van der Waals surface area contributed by atoms with Gasteiger partial charge >= 0.3 is 12.0 Å². The second-order valence-corrected chi connectivity index (χ2v) is 6.21. The number of imide groups is 1. The molecule has 1 fully saturated rings. The van der Waals surface area contributed by atoms with Crippen LogP contribution in [0.1, 0.15) is 22.7 Å². The fourth-order valence-electron chi connectivity index (χ4n) is 2.92. The first-order valence-corrected chi connectivity index (χ1v) is 8.58. The van der Waals surface area contributed by atoms with Crippen molar-refractivity contribution in [2.24, 2.45) is 0 Å². The van der Waals surface area contributed by atoms with Crippen molar-refractivity contribution in [3.05, 3.63) is 53.2 Å². The average molecular weight is 371 g/mol. The fraction of sp³-hybridized carbons (Fsp3) is 0.316. The predicted octanol–water partition coefficient (Wildman–Crippen LogP) is 1.85. The van der Waals surface area contributed by atoms with E-state index in [0.29, 0.717) is 13.1 Å². The van der Waals surface area contributed by atoms with Gasteiger partial charge in [0.15, 0.2) is 6.61 Å². The third-order valence-electron chi connectivity index (χ3n) is 4.40. The van der Waals surface area contributed by atoms with Gasteiger partial charge in [0.1, 0.15) is 5.76 Å². The topological polar surface area (TPSA) is 93.8 Å². The fourth-order valence-corrected chi connectivity index (χ4v) is 2.92. The third kappa shape index (κ3) is 4.28. The molecule has 3 rings (SSSR count). The van der Waals surface area contributed by atoms with Crippen LogP contribution in [0.3, 0.4) is 0 Å². The molecular formula is C19H21N3O5. The number of carbonyl (C=O) groups excluding carboxylic acids is 3. The monoisotopic (exact) mass is 371 g/mol. The molecule has 3 amide bonds. The summed E-state index contributed by atoms with van der Waals surface area (Å²) in [6, 6.07) is 5.24. The van der Waals surface area contributed by atoms with Gasteiger partial charge in [-0.2, -0.15) is 0 Å². The van der Waals surface area contributed by atoms with Crippen molar-refractivity contribution in [3.8, 4) is 0 Å². The highest BCUT2D eigenvalue weighted by Gasteiger charge is 2.26. The molecular weight excluding hydrogens is 350 g/mol. The van der Waals surface area contributed by atoms with Crippen LogP contribution in [0.15, 0.2) is 35.0 Å². The van der Waals surface area contributed by atoms with Gasteiger partial charge in [-0.25, -0.2) is 9.59 Å². The maximum atomic E-state index is 11.9. The highest BCUT2D eigenvalue weighted by molar-refractivity contribution is 5.97. The zero-order valence-electron chi connectivity index (χ0n) is 15.2. The van der Waals surface area contributed by atoms with Crippen molar-refractivity contribution >= 4 is 24.0 Å². The van der Waals surface area contributed by atoms with Crippen LogP contribution in [-0.2, 0) is 20.9 Å². The summed E-state index contributed by atoms with van der Waals surface area (Å²) in [5, 5.41) is 2.52. The lowest BCUT2D eigenvalue weighted by Crippen LogP contribution is -2.37. The highest BCUT2D eigenvalue weighted by Crippen LogP contribution is 2.18. The summed E-state index contributed by atoms with van der Waals surface area (Å²) in [6.07, 6.45) is 4.56. The van der Waals surface area contributed by atoms with Crippen molar-refractivity contribution in [3.63, 3.8) is 0 Å². The molecule has 0 spiro atoms. The van der Waals surface area contributed by atoms with E-state index < -0.39 is 24.5 Å². The number of amides is 3. The first-order valence-electron chi connectivity index (χ1n) is 8.58. The number of urea groups is 1. The Bertz CT molecular complexity index is 880. The van der Waals surface area contributed by atoms with Crippen molar-refractivity contribution in [1.29, 1.82) is 0 Å². The van der Waals surface area contributed by atoms with Crippen LogP contribution in [0.25, 0.3) is 6.08 Å². The van der Waals surface area contributed by atoms with Crippen LogP contribution >= 0.6 is 0 Å². The maximum Gasteiger partial charge on any atom is 0.331 e. The van der Waals surface area contributed by atoms with Gasteiger partial charge in [-0.05, 0) is 43.7 Å². The Morgan fingerprint density at radius 1 is 1.37 bits per heavy atom. The highest BCUT2D eigenvalue weighted by atomic mass is 16.5. The molecule has 1 aliphatic rings. The molecule has 1 saturated heterocycles. The van der Waals surface area contributed by atoms with Gasteiger partial charge in [-0.15, -0.1) is 0 Å². The quantitative estimate of drug-likeness (QED) is 0.618. The van der Waals surface area contributed by atoms with E-state index in [1.165, 1.54) is 6.08 Å². The lowest BCUT2D eigenvalue weighted by Gasteiger charge is -2.11. The molecule has 8 nitrogen and oxygen atoms in total. The maximum absolute atomic E-state index is 11.9. The van der Waals surface area contributed by atoms with Crippen LogP contribution in [0, 0.1) is 13.8 Å². The number of nitrogens with zero attached hydrogens (tertiary/aromatic N) is 2. The second kappa shape index (κ2) is 7.94. The number of rotatable bonds is 6. The Hall–Kier alpha value is -3.29. The van der Waals surface area contributed by atoms with Gasteiger partial charge in [0.05, 0.1) is 12.8 Å². The smallest absolute Gasteiger partial charge is 0.331 e. The van der Waals surface area contributed by atoms with E-state index >= 15 is 0 Å². The summed E-state index contributed by atoms with van der Waals surface area (Å²) in [4.78, 5) is 36.1. The molecule has 1 aliphatic heterocycles. The molecule has 2 aromatic heterocycles. The minimum atomic E-state index is -0.640. The summed E-state index contributed by atoms with van der Waals surface area (Å²) < 4.78 is 12.4. The minimum Gasteiger partial charge on any atom is -0.467 e. The molecule has 8 heteroatoms. The Labute approximate surface area is 156 Å². The van der Waals surface area contributed by atoms with Gasteiger partial charge in [0, 0.05) is 30.6 Å². The largest absolute Gasteiger partial charge is 0.467 e. The number of aromatic nitrogens is 1. The minimum absolute atomic E-state index is 0.284. The summed E-state index contributed by atoms with van der Waals surface area (Å²) in [7, 11) is 0. The molecule has 0 saturated carbocycles. The number of furan rings is 1. The molecule has 0 atom stereocenters. The number of nitrogens with one attached hydrogen (secondary N) is 1. The second-order valence-electron chi connectivity index (χ2n) is 6.21. The Balaban J connectivity index is 1.58. The molecule has 0 bridgehead atoms. The summed E-state index contributed by atoms with van der Waals surface area (Å²) in [5.41, 5.74) is 2.89. The molecule has 0 aliphatic carbocycles. The third-order valence-corrected chi connectivity index (χ3v) is 4.40. The number of hydrogen-bond donors (Lipinski definition) is 1. The normalized spacial score (nSPS) is 14.0. The molecule has 0 radical (unpaired) electrons. The predicted molar refractivity (Wildman–Crippen MR) is 96.8 cm³/mol. The SMILES string of the molecule is Cc1cc(/C=C/C(=O)OCC(=O)N2CCNC2=O)c(C)n1Cc1ccco1. The van der Waals surface area contributed by atoms with E-state index in [2.05, 4.69) is 9.88 Å². The molecule has 27 heavy (non-hydrogen) atoms. The lowest BCUT2D eigenvalue weighted by molar-refractivity contribution is -0.146. The molecule has 3 heterocycles. The summed E-state index contributed by atoms with van der Waals surface area (Å²) >= 11 is 0. The first-order chi connectivity index (χ1) is 13.0. The van der Waals surface area contributed by atoms with E-state index in [4.69, 9.17) is 9.15 Å². The van der Waals surface area contributed by atoms with E-state index in [-0.39, 0.29) is 6.54 Å². The Kier molecular flexibility index (Phi) is 5.44. The first kappa shape index (κ1) is 18.5. The Morgan fingerprint density at radius 3 is 2.85 bits per heavy atom. The molecule has 0 unspecified atom stereocenters. The van der Waals surface area contributed by atoms with Crippen molar-refractivity contribution in [1.82, 2.24) is 14.8 Å². The van der Waals surface area contributed by atoms with Gasteiger partial charge in [-0.3, -0.25) is 9.69 Å². The number of carbonyl (C=O) groups is 3. The van der Waals surface area contributed by atoms with Crippen LogP contribution in [-0.4, -0.2) is 47.1 Å². The van der Waals surface area contributed by atoms with Crippen LogP contribution in [0.2, 0.25) is 0 Å². The van der Waals surface area contributed by atoms with E-state index in [1.807, 2.05) is 32.0 Å². The van der Waals surface area contributed by atoms with Gasteiger partial charge in [0.25, 0.3) is 5.91 Å². The van der Waals surface area contributed by atoms with Crippen LogP contribution in [0.5, 0.6) is 0 Å². The summed E-state index contributed by atoms with van der Waals surface area (Å²) in [5.74, 6) is -0.335. The van der Waals surface area contributed by atoms with E-state index in [1.54, 1.807) is 12.3 Å². The van der Waals surface area contributed by atoms with Gasteiger partial charge < -0.3 is 19.0 Å². The molecule has 1 N–H and O–H groups in total. The van der Waals surface area contributed by atoms with Gasteiger partial charge in [-0.1, -0.05) is 0 Å². The van der Waals surface area contributed by atoms with E-state index in [9.17, 15) is 14.4 Å². The molecule has 0 aromatic carbocycles. The van der Waals surface area contributed by atoms with Crippen LogP contribution < -0.4 is 5.32 Å². The number of esters is 1. The average Bonchev–Trinajstić information content (AvgIpc) is 3.36. The lowest BCUT2D eigenvalue weighted by atomic mass is 10.2.